The van der Waals surface area contributed by atoms with E-state index in [1.807, 2.05) is 18.2 Å². The molecule has 4 rings (SSSR count). The van der Waals surface area contributed by atoms with Crippen molar-refractivity contribution in [3.8, 4) is 0 Å². The normalized spacial score (nSPS) is 20.9. The average Bonchev–Trinajstić information content (AvgIpc) is 3.09. The smallest absolute Gasteiger partial charge is 0.165 e. The number of benzene rings is 2. The van der Waals surface area contributed by atoms with Crippen LogP contribution in [0.25, 0.3) is 0 Å². The fourth-order valence-electron chi connectivity index (χ4n) is 3.88. The molecule has 2 aromatic carbocycles. The summed E-state index contributed by atoms with van der Waals surface area (Å²) in [4.78, 5) is 14.6. The maximum absolute atomic E-state index is 12.2. The highest BCUT2D eigenvalue weighted by atomic mass is 16.1. The van der Waals surface area contributed by atoms with Gasteiger partial charge in [0.15, 0.2) is 5.78 Å². The number of hydrogen-bond donors (Lipinski definition) is 0. The highest BCUT2D eigenvalue weighted by Crippen LogP contribution is 2.38. The highest BCUT2D eigenvalue weighted by Gasteiger charge is 2.36. The van der Waals surface area contributed by atoms with Crippen molar-refractivity contribution in [2.45, 2.75) is 31.3 Å². The first kappa shape index (κ1) is 12.8. The number of likely N-dealkylation sites (N-methyl/N-ethyl adjacent to an activating group) is 1. The molecule has 0 saturated carbocycles. The summed E-state index contributed by atoms with van der Waals surface area (Å²) in [6, 6.07) is 17.5. The van der Waals surface area contributed by atoms with E-state index in [4.69, 9.17) is 0 Å². The second-order valence-corrected chi connectivity index (χ2v) is 6.23. The van der Waals surface area contributed by atoms with Gasteiger partial charge >= 0.3 is 0 Å². The third kappa shape index (κ3) is 2.02. The molecule has 0 fully saturated rings. The van der Waals surface area contributed by atoms with E-state index in [1.165, 1.54) is 16.7 Å². The number of nitrogens with zero attached hydrogens (tertiary/aromatic N) is 1. The van der Waals surface area contributed by atoms with Gasteiger partial charge in [-0.25, -0.2) is 0 Å². The van der Waals surface area contributed by atoms with Crippen LogP contribution in [0.4, 0.5) is 0 Å². The van der Waals surface area contributed by atoms with Gasteiger partial charge in [0.1, 0.15) is 0 Å². The lowest BCUT2D eigenvalue weighted by atomic mass is 10.0. The summed E-state index contributed by atoms with van der Waals surface area (Å²) in [7, 11) is 2.18. The molecule has 2 aliphatic rings. The summed E-state index contributed by atoms with van der Waals surface area (Å²) in [5.74, 6) is 0.290. The van der Waals surface area contributed by atoms with Crippen LogP contribution in [0.3, 0.4) is 0 Å². The first-order valence-electron chi connectivity index (χ1n) is 7.65. The van der Waals surface area contributed by atoms with Gasteiger partial charge in [0.05, 0.1) is 0 Å². The SMILES string of the molecule is CN(C1Cc2ccccc2C1)C1CC(=O)c2ccccc21. The third-order valence-corrected chi connectivity index (χ3v) is 5.10. The zero-order valence-electron chi connectivity index (χ0n) is 12.3. The van der Waals surface area contributed by atoms with Crippen molar-refractivity contribution in [3.05, 3.63) is 70.8 Å². The van der Waals surface area contributed by atoms with Crippen molar-refractivity contribution in [1.82, 2.24) is 4.90 Å². The van der Waals surface area contributed by atoms with Crippen LogP contribution in [0.15, 0.2) is 48.5 Å². The number of rotatable bonds is 2. The minimum atomic E-state index is 0.244. The van der Waals surface area contributed by atoms with Crippen LogP contribution in [0, 0.1) is 0 Å². The van der Waals surface area contributed by atoms with Crippen LogP contribution in [0.1, 0.15) is 39.5 Å². The van der Waals surface area contributed by atoms with Gasteiger partial charge in [0, 0.05) is 24.1 Å². The van der Waals surface area contributed by atoms with Crippen LogP contribution in [-0.2, 0) is 12.8 Å². The lowest BCUT2D eigenvalue weighted by molar-refractivity contribution is 0.0945. The number of ketones is 1. The lowest BCUT2D eigenvalue weighted by Crippen LogP contribution is -2.35. The molecular formula is C19H19NO. The second-order valence-electron chi connectivity index (χ2n) is 6.23. The second kappa shape index (κ2) is 4.81. The fraction of sp³-hybridized carbons (Fsp3) is 0.316. The molecule has 0 bridgehead atoms. The molecule has 0 radical (unpaired) electrons. The van der Waals surface area contributed by atoms with Crippen LogP contribution >= 0.6 is 0 Å². The largest absolute Gasteiger partial charge is 0.295 e. The molecule has 106 valence electrons. The molecule has 0 aliphatic heterocycles. The van der Waals surface area contributed by atoms with E-state index in [9.17, 15) is 4.79 Å². The summed E-state index contributed by atoms with van der Waals surface area (Å²) in [5.41, 5.74) is 5.06. The molecule has 2 aliphatic carbocycles. The van der Waals surface area contributed by atoms with Crippen molar-refractivity contribution in [2.75, 3.05) is 7.05 Å². The Kier molecular flexibility index (Phi) is 2.93. The molecule has 2 nitrogen and oxygen atoms in total. The number of carbonyl (C=O) groups is 1. The quantitative estimate of drug-likeness (QED) is 0.838. The van der Waals surface area contributed by atoms with Crippen molar-refractivity contribution in [3.63, 3.8) is 0 Å². The summed E-state index contributed by atoms with van der Waals surface area (Å²) in [5, 5.41) is 0. The summed E-state index contributed by atoms with van der Waals surface area (Å²) < 4.78 is 0. The number of hydrogen-bond acceptors (Lipinski definition) is 2. The average molecular weight is 277 g/mol. The van der Waals surface area contributed by atoms with Gasteiger partial charge in [0.25, 0.3) is 0 Å². The predicted molar refractivity (Wildman–Crippen MR) is 83.5 cm³/mol. The van der Waals surface area contributed by atoms with Gasteiger partial charge in [-0.2, -0.15) is 0 Å². The molecule has 2 aromatic rings. The Hall–Kier alpha value is -1.93. The van der Waals surface area contributed by atoms with Gasteiger partial charge in [-0.05, 0) is 36.6 Å². The molecule has 0 amide bonds. The van der Waals surface area contributed by atoms with Crippen LogP contribution in [0.5, 0.6) is 0 Å². The van der Waals surface area contributed by atoms with Crippen molar-refractivity contribution in [2.24, 2.45) is 0 Å². The number of fused-ring (bicyclic) bond motifs is 2. The first-order valence-corrected chi connectivity index (χ1v) is 7.65. The Balaban J connectivity index is 1.60. The molecule has 2 heteroatoms. The molecule has 0 N–H and O–H groups in total. The predicted octanol–water partition coefficient (Wildman–Crippen LogP) is 3.41. The highest BCUT2D eigenvalue weighted by molar-refractivity contribution is 6.01. The Morgan fingerprint density at radius 3 is 2.24 bits per heavy atom. The van der Waals surface area contributed by atoms with E-state index in [2.05, 4.69) is 42.3 Å². The van der Waals surface area contributed by atoms with Crippen LogP contribution < -0.4 is 0 Å². The monoisotopic (exact) mass is 277 g/mol. The van der Waals surface area contributed by atoms with E-state index in [0.717, 1.165) is 18.4 Å². The Morgan fingerprint density at radius 2 is 1.52 bits per heavy atom. The number of Topliss-reactive ketones (excluding diaryl/α,β-unsaturated/α-hetero) is 1. The maximum atomic E-state index is 12.2. The molecule has 1 unspecified atom stereocenters. The molecule has 1 atom stereocenters. The molecule has 0 saturated heterocycles. The zero-order valence-corrected chi connectivity index (χ0v) is 12.3. The van der Waals surface area contributed by atoms with E-state index >= 15 is 0 Å². The van der Waals surface area contributed by atoms with E-state index in [0.29, 0.717) is 12.5 Å². The van der Waals surface area contributed by atoms with E-state index in [-0.39, 0.29) is 11.8 Å². The molecule has 0 aromatic heterocycles. The van der Waals surface area contributed by atoms with Crippen molar-refractivity contribution >= 4 is 5.78 Å². The van der Waals surface area contributed by atoms with Gasteiger partial charge in [0.2, 0.25) is 0 Å². The van der Waals surface area contributed by atoms with E-state index < -0.39 is 0 Å². The van der Waals surface area contributed by atoms with Gasteiger partial charge < -0.3 is 0 Å². The fourth-order valence-corrected chi connectivity index (χ4v) is 3.88. The standard InChI is InChI=1S/C19H19NO/c1-20(15-10-13-6-2-3-7-14(13)11-15)18-12-19(21)17-9-5-4-8-16(17)18/h2-9,15,18H,10-12H2,1H3. The maximum Gasteiger partial charge on any atom is 0.165 e. The molecular weight excluding hydrogens is 258 g/mol. The lowest BCUT2D eigenvalue weighted by Gasteiger charge is -2.30. The zero-order chi connectivity index (χ0) is 14.4. The van der Waals surface area contributed by atoms with Gasteiger partial charge in [-0.3, -0.25) is 9.69 Å². The topological polar surface area (TPSA) is 20.3 Å². The minimum Gasteiger partial charge on any atom is -0.295 e. The van der Waals surface area contributed by atoms with Gasteiger partial charge in [-0.1, -0.05) is 48.5 Å². The third-order valence-electron chi connectivity index (χ3n) is 5.10. The summed E-state index contributed by atoms with van der Waals surface area (Å²) in [6.45, 7) is 0. The Bertz CT molecular complexity index is 681. The minimum absolute atomic E-state index is 0.244. The Morgan fingerprint density at radius 1 is 0.905 bits per heavy atom. The Labute approximate surface area is 125 Å². The molecule has 21 heavy (non-hydrogen) atoms. The number of carbonyl (C=O) groups excluding carboxylic acids is 1. The molecule has 0 spiro atoms. The van der Waals surface area contributed by atoms with Crippen LogP contribution in [-0.4, -0.2) is 23.8 Å². The molecule has 0 heterocycles. The van der Waals surface area contributed by atoms with Gasteiger partial charge in [-0.15, -0.1) is 0 Å². The van der Waals surface area contributed by atoms with Crippen LogP contribution in [0.2, 0.25) is 0 Å². The van der Waals surface area contributed by atoms with Crippen molar-refractivity contribution in [1.29, 1.82) is 0 Å². The van der Waals surface area contributed by atoms with Crippen molar-refractivity contribution < 1.29 is 4.79 Å². The van der Waals surface area contributed by atoms with E-state index in [1.54, 1.807) is 0 Å². The first-order chi connectivity index (χ1) is 10.2. The summed E-state index contributed by atoms with van der Waals surface area (Å²) in [6.07, 6.45) is 2.82. The summed E-state index contributed by atoms with van der Waals surface area (Å²) >= 11 is 0.